The van der Waals surface area contributed by atoms with Gasteiger partial charge in [0.15, 0.2) is 0 Å². The molecule has 0 spiro atoms. The van der Waals surface area contributed by atoms with E-state index in [2.05, 4.69) is 26.7 Å². The molecular weight excluding hydrogens is 426 g/mol. The smallest absolute Gasteiger partial charge is 0.240 e. The SMILES string of the molecule is CCOc1c(C)cc(S(=O)(=O)NCCCN2CCN(c3ccc(OC)cc3)CC2)cc1C. The van der Waals surface area contributed by atoms with Crippen LogP contribution in [-0.4, -0.2) is 66.3 Å². The molecule has 2 aromatic carbocycles. The van der Waals surface area contributed by atoms with Crippen molar-refractivity contribution in [1.82, 2.24) is 9.62 Å². The molecule has 0 aromatic heterocycles. The summed E-state index contributed by atoms with van der Waals surface area (Å²) >= 11 is 0. The topological polar surface area (TPSA) is 71.1 Å². The van der Waals surface area contributed by atoms with Crippen LogP contribution in [0.5, 0.6) is 11.5 Å². The number of ether oxygens (including phenoxy) is 2. The number of benzene rings is 2. The summed E-state index contributed by atoms with van der Waals surface area (Å²) in [5, 5.41) is 0. The van der Waals surface area contributed by atoms with E-state index in [1.807, 2.05) is 32.9 Å². The Balaban J connectivity index is 1.44. The summed E-state index contributed by atoms with van der Waals surface area (Å²) in [7, 11) is -1.86. The van der Waals surface area contributed by atoms with Gasteiger partial charge in [-0.1, -0.05) is 0 Å². The summed E-state index contributed by atoms with van der Waals surface area (Å²) in [6.45, 7) is 11.4. The maximum Gasteiger partial charge on any atom is 0.240 e. The van der Waals surface area contributed by atoms with Gasteiger partial charge in [0.2, 0.25) is 10.0 Å². The average Bonchev–Trinajstić information content (AvgIpc) is 2.79. The van der Waals surface area contributed by atoms with Crippen molar-refractivity contribution in [3.05, 3.63) is 47.5 Å². The minimum atomic E-state index is -3.53. The van der Waals surface area contributed by atoms with E-state index in [-0.39, 0.29) is 0 Å². The number of hydrogen-bond acceptors (Lipinski definition) is 6. The van der Waals surface area contributed by atoms with Crippen LogP contribution in [0.15, 0.2) is 41.3 Å². The first-order valence-corrected chi connectivity index (χ1v) is 12.7. The van der Waals surface area contributed by atoms with E-state index in [4.69, 9.17) is 9.47 Å². The highest BCUT2D eigenvalue weighted by atomic mass is 32.2. The molecule has 8 heteroatoms. The second-order valence-electron chi connectivity index (χ2n) is 8.10. The predicted molar refractivity (Wildman–Crippen MR) is 129 cm³/mol. The van der Waals surface area contributed by atoms with Crippen molar-refractivity contribution < 1.29 is 17.9 Å². The van der Waals surface area contributed by atoms with Crippen molar-refractivity contribution in [2.75, 3.05) is 57.9 Å². The molecule has 0 radical (unpaired) electrons. The maximum absolute atomic E-state index is 12.7. The second-order valence-corrected chi connectivity index (χ2v) is 9.86. The zero-order valence-electron chi connectivity index (χ0n) is 19.6. The summed E-state index contributed by atoms with van der Waals surface area (Å²) in [5.41, 5.74) is 2.88. The fourth-order valence-corrected chi connectivity index (χ4v) is 5.30. The van der Waals surface area contributed by atoms with Gasteiger partial charge in [-0.2, -0.15) is 0 Å². The van der Waals surface area contributed by atoms with Crippen LogP contribution in [-0.2, 0) is 10.0 Å². The molecule has 1 fully saturated rings. The van der Waals surface area contributed by atoms with Crippen molar-refractivity contribution >= 4 is 15.7 Å². The third kappa shape index (κ3) is 6.15. The van der Waals surface area contributed by atoms with E-state index in [0.717, 1.165) is 61.8 Å². The minimum absolute atomic E-state index is 0.295. The number of aryl methyl sites for hydroxylation is 2. The molecule has 0 atom stereocenters. The number of sulfonamides is 1. The lowest BCUT2D eigenvalue weighted by molar-refractivity contribution is 0.255. The number of methoxy groups -OCH3 is 1. The van der Waals surface area contributed by atoms with Gasteiger partial charge in [-0.3, -0.25) is 4.90 Å². The van der Waals surface area contributed by atoms with E-state index < -0.39 is 10.0 Å². The van der Waals surface area contributed by atoms with Crippen LogP contribution in [0.1, 0.15) is 24.5 Å². The average molecular weight is 462 g/mol. The number of nitrogens with zero attached hydrogens (tertiary/aromatic N) is 2. The highest BCUT2D eigenvalue weighted by Crippen LogP contribution is 2.27. The van der Waals surface area contributed by atoms with Crippen molar-refractivity contribution in [3.63, 3.8) is 0 Å². The van der Waals surface area contributed by atoms with Crippen LogP contribution in [0.4, 0.5) is 5.69 Å². The molecular formula is C24H35N3O4S. The quantitative estimate of drug-likeness (QED) is 0.548. The van der Waals surface area contributed by atoms with Crippen LogP contribution in [0.25, 0.3) is 0 Å². The summed E-state index contributed by atoms with van der Waals surface area (Å²) in [6, 6.07) is 11.5. The Hall–Kier alpha value is -2.29. The first kappa shape index (κ1) is 24.4. The highest BCUT2D eigenvalue weighted by molar-refractivity contribution is 7.89. The van der Waals surface area contributed by atoms with Crippen LogP contribution in [0, 0.1) is 13.8 Å². The second kappa shape index (κ2) is 11.0. The van der Waals surface area contributed by atoms with Crippen LogP contribution < -0.4 is 19.1 Å². The lowest BCUT2D eigenvalue weighted by Crippen LogP contribution is -2.47. The minimum Gasteiger partial charge on any atom is -0.497 e. The van der Waals surface area contributed by atoms with Gasteiger partial charge in [-0.25, -0.2) is 13.1 Å². The number of hydrogen-bond donors (Lipinski definition) is 1. The molecule has 1 N–H and O–H groups in total. The third-order valence-electron chi connectivity index (χ3n) is 5.79. The Morgan fingerprint density at radius 3 is 2.19 bits per heavy atom. The largest absolute Gasteiger partial charge is 0.497 e. The van der Waals surface area contributed by atoms with E-state index in [1.54, 1.807) is 19.2 Å². The van der Waals surface area contributed by atoms with E-state index in [1.165, 1.54) is 5.69 Å². The summed E-state index contributed by atoms with van der Waals surface area (Å²) < 4.78 is 39.0. The first-order chi connectivity index (χ1) is 15.3. The van der Waals surface area contributed by atoms with Crippen LogP contribution in [0.3, 0.4) is 0 Å². The molecule has 1 heterocycles. The first-order valence-electron chi connectivity index (χ1n) is 11.2. The summed E-state index contributed by atoms with van der Waals surface area (Å²) in [5.74, 6) is 1.63. The van der Waals surface area contributed by atoms with Gasteiger partial charge in [-0.15, -0.1) is 0 Å². The molecule has 0 amide bonds. The van der Waals surface area contributed by atoms with E-state index >= 15 is 0 Å². The van der Waals surface area contributed by atoms with Crippen molar-refractivity contribution in [1.29, 1.82) is 0 Å². The molecule has 7 nitrogen and oxygen atoms in total. The Morgan fingerprint density at radius 2 is 1.62 bits per heavy atom. The van der Waals surface area contributed by atoms with Crippen molar-refractivity contribution in [2.45, 2.75) is 32.1 Å². The monoisotopic (exact) mass is 461 g/mol. The molecule has 3 rings (SSSR count). The normalized spacial score (nSPS) is 15.1. The molecule has 1 aliphatic heterocycles. The lowest BCUT2D eigenvalue weighted by atomic mass is 10.1. The number of nitrogens with one attached hydrogen (secondary N) is 1. The zero-order chi connectivity index (χ0) is 23.1. The molecule has 0 unspecified atom stereocenters. The number of rotatable bonds is 10. The van der Waals surface area contributed by atoms with Gasteiger partial charge in [0, 0.05) is 38.4 Å². The fraction of sp³-hybridized carbons (Fsp3) is 0.500. The Labute approximate surface area is 192 Å². The highest BCUT2D eigenvalue weighted by Gasteiger charge is 2.19. The van der Waals surface area contributed by atoms with Gasteiger partial charge in [0.1, 0.15) is 11.5 Å². The summed E-state index contributed by atoms with van der Waals surface area (Å²) in [4.78, 5) is 5.05. The lowest BCUT2D eigenvalue weighted by Gasteiger charge is -2.36. The Bertz CT molecular complexity index is 962. The fourth-order valence-electron chi connectivity index (χ4n) is 4.05. The van der Waals surface area contributed by atoms with Crippen molar-refractivity contribution in [2.24, 2.45) is 0 Å². The summed E-state index contributed by atoms with van der Waals surface area (Å²) in [6.07, 6.45) is 0.775. The van der Waals surface area contributed by atoms with Gasteiger partial charge in [0.05, 0.1) is 18.6 Å². The number of anilines is 1. The molecule has 0 aliphatic carbocycles. The van der Waals surface area contributed by atoms with Gasteiger partial charge >= 0.3 is 0 Å². The zero-order valence-corrected chi connectivity index (χ0v) is 20.4. The predicted octanol–water partition coefficient (Wildman–Crippen LogP) is 3.20. The standard InChI is InChI=1S/C24H35N3O4S/c1-5-31-24-19(2)17-23(18-20(24)3)32(28,29)25-11-6-12-26-13-15-27(16-14-26)21-7-9-22(30-4)10-8-21/h7-10,17-18,25H,5-6,11-16H2,1-4H3. The molecule has 32 heavy (non-hydrogen) atoms. The van der Waals surface area contributed by atoms with Crippen LogP contribution in [0.2, 0.25) is 0 Å². The Morgan fingerprint density at radius 1 is 1.00 bits per heavy atom. The molecule has 2 aromatic rings. The van der Waals surface area contributed by atoms with Crippen molar-refractivity contribution in [3.8, 4) is 11.5 Å². The van der Waals surface area contributed by atoms with Gasteiger partial charge in [-0.05, 0) is 81.3 Å². The van der Waals surface area contributed by atoms with Gasteiger partial charge in [0.25, 0.3) is 0 Å². The number of piperazine rings is 1. The van der Waals surface area contributed by atoms with E-state index in [0.29, 0.717) is 18.0 Å². The van der Waals surface area contributed by atoms with E-state index in [9.17, 15) is 8.42 Å². The Kier molecular flexibility index (Phi) is 8.39. The van der Waals surface area contributed by atoms with Crippen LogP contribution >= 0.6 is 0 Å². The molecule has 1 saturated heterocycles. The molecule has 0 bridgehead atoms. The third-order valence-corrected chi connectivity index (χ3v) is 7.23. The molecule has 0 saturated carbocycles. The van der Waals surface area contributed by atoms with Gasteiger partial charge < -0.3 is 14.4 Å². The maximum atomic E-state index is 12.7. The molecule has 1 aliphatic rings. The molecule has 176 valence electrons.